The van der Waals surface area contributed by atoms with E-state index in [-0.39, 0.29) is 17.8 Å². The summed E-state index contributed by atoms with van der Waals surface area (Å²) in [7, 11) is 0. The van der Waals surface area contributed by atoms with E-state index in [1.165, 1.54) is 18.3 Å². The van der Waals surface area contributed by atoms with Gasteiger partial charge < -0.3 is 10.4 Å². The Hall–Kier alpha value is -1.69. The van der Waals surface area contributed by atoms with Gasteiger partial charge in [-0.15, -0.1) is 0 Å². The predicted octanol–water partition coefficient (Wildman–Crippen LogP) is 0.927. The number of aliphatic hydroxyl groups is 1. The largest absolute Gasteiger partial charge is 0.394 e. The second-order valence-electron chi connectivity index (χ2n) is 3.72. The van der Waals surface area contributed by atoms with Crippen LogP contribution in [0.4, 0.5) is 11.5 Å². The lowest BCUT2D eigenvalue weighted by molar-refractivity contribution is -0.384. The van der Waals surface area contributed by atoms with Gasteiger partial charge in [0.25, 0.3) is 5.69 Å². The lowest BCUT2D eigenvalue weighted by Crippen LogP contribution is -2.26. The average Bonchev–Trinajstić information content (AvgIpc) is 2.99. The Morgan fingerprint density at radius 1 is 1.67 bits per heavy atom. The summed E-state index contributed by atoms with van der Waals surface area (Å²) in [5.41, 5.74) is -0.302. The highest BCUT2D eigenvalue weighted by atomic mass is 16.6. The Morgan fingerprint density at radius 2 is 2.40 bits per heavy atom. The maximum atomic E-state index is 10.5. The number of nitro groups is 1. The number of hydrogen-bond donors (Lipinski definition) is 2. The third-order valence-electron chi connectivity index (χ3n) is 2.50. The first-order valence-electron chi connectivity index (χ1n) is 4.65. The minimum Gasteiger partial charge on any atom is -0.394 e. The summed E-state index contributed by atoms with van der Waals surface area (Å²) in [5.74, 6) is 0.441. The molecule has 1 heterocycles. The van der Waals surface area contributed by atoms with E-state index in [4.69, 9.17) is 5.11 Å². The van der Waals surface area contributed by atoms with Crippen molar-refractivity contribution in [3.8, 4) is 0 Å². The normalized spacial score (nSPS) is 17.1. The van der Waals surface area contributed by atoms with Gasteiger partial charge in [-0.1, -0.05) is 0 Å². The van der Waals surface area contributed by atoms with E-state index < -0.39 is 4.92 Å². The van der Waals surface area contributed by atoms with Gasteiger partial charge in [0.15, 0.2) is 0 Å². The minimum atomic E-state index is -0.467. The molecule has 80 valence electrons. The number of anilines is 1. The first-order valence-corrected chi connectivity index (χ1v) is 4.65. The average molecular weight is 209 g/mol. The van der Waals surface area contributed by atoms with Gasteiger partial charge in [0, 0.05) is 12.3 Å². The summed E-state index contributed by atoms with van der Waals surface area (Å²) in [6.45, 7) is 0.0252. The third-order valence-corrected chi connectivity index (χ3v) is 2.50. The van der Waals surface area contributed by atoms with Crippen molar-refractivity contribution in [2.75, 3.05) is 11.9 Å². The van der Waals surface area contributed by atoms with Gasteiger partial charge in [0.2, 0.25) is 0 Å². The van der Waals surface area contributed by atoms with E-state index >= 15 is 0 Å². The third kappa shape index (κ3) is 2.04. The van der Waals surface area contributed by atoms with E-state index in [0.29, 0.717) is 5.82 Å². The molecule has 0 saturated heterocycles. The number of aromatic nitrogens is 1. The fourth-order valence-corrected chi connectivity index (χ4v) is 1.35. The number of rotatable bonds is 4. The lowest BCUT2D eigenvalue weighted by atomic mass is 10.3. The fourth-order valence-electron chi connectivity index (χ4n) is 1.35. The molecule has 2 rings (SSSR count). The van der Waals surface area contributed by atoms with Gasteiger partial charge in [-0.25, -0.2) is 4.98 Å². The van der Waals surface area contributed by atoms with E-state index in [1.54, 1.807) is 0 Å². The molecule has 1 aliphatic carbocycles. The number of aliphatic hydroxyl groups excluding tert-OH is 1. The highest BCUT2D eigenvalue weighted by Gasteiger charge is 2.42. The topological polar surface area (TPSA) is 88.3 Å². The van der Waals surface area contributed by atoms with E-state index in [1.807, 2.05) is 0 Å². The Kier molecular flexibility index (Phi) is 2.28. The molecule has 6 heteroatoms. The number of nitrogens with one attached hydrogen (secondary N) is 1. The SMILES string of the molecule is O=[N+]([O-])c1ccnc(NC2(CO)CC2)c1. The van der Waals surface area contributed by atoms with Gasteiger partial charge >= 0.3 is 0 Å². The summed E-state index contributed by atoms with van der Waals surface area (Å²) in [6.07, 6.45) is 3.12. The molecule has 1 aromatic heterocycles. The monoisotopic (exact) mass is 209 g/mol. The Bertz CT molecular complexity index is 390. The zero-order valence-corrected chi connectivity index (χ0v) is 8.01. The molecule has 0 spiro atoms. The van der Waals surface area contributed by atoms with Crippen LogP contribution in [0.25, 0.3) is 0 Å². The maximum absolute atomic E-state index is 10.5. The van der Waals surface area contributed by atoms with Crippen molar-refractivity contribution >= 4 is 11.5 Å². The van der Waals surface area contributed by atoms with Gasteiger partial charge in [-0.05, 0) is 12.8 Å². The van der Waals surface area contributed by atoms with Crippen LogP contribution in [0.3, 0.4) is 0 Å². The smallest absolute Gasteiger partial charge is 0.274 e. The molecule has 0 bridgehead atoms. The number of nitrogens with zero attached hydrogens (tertiary/aromatic N) is 2. The molecule has 1 aliphatic rings. The van der Waals surface area contributed by atoms with Crippen molar-refractivity contribution in [2.45, 2.75) is 18.4 Å². The van der Waals surface area contributed by atoms with Crippen LogP contribution in [-0.4, -0.2) is 27.2 Å². The molecule has 1 fully saturated rings. The maximum Gasteiger partial charge on any atom is 0.274 e. The molecule has 0 aromatic carbocycles. The molecule has 0 atom stereocenters. The first kappa shape index (κ1) is 9.85. The summed E-state index contributed by atoms with van der Waals surface area (Å²) in [6, 6.07) is 2.71. The Morgan fingerprint density at radius 3 is 2.93 bits per heavy atom. The zero-order chi connectivity index (χ0) is 10.9. The van der Waals surface area contributed by atoms with E-state index in [0.717, 1.165) is 12.8 Å². The lowest BCUT2D eigenvalue weighted by Gasteiger charge is -2.14. The minimum absolute atomic E-state index is 0.00115. The predicted molar refractivity (Wildman–Crippen MR) is 53.6 cm³/mol. The molecule has 1 aromatic rings. The molecular formula is C9H11N3O3. The molecule has 1 saturated carbocycles. The second kappa shape index (κ2) is 3.47. The molecule has 0 radical (unpaired) electrons. The van der Waals surface area contributed by atoms with Gasteiger partial charge in [0.1, 0.15) is 5.82 Å². The van der Waals surface area contributed by atoms with Crippen LogP contribution in [0.15, 0.2) is 18.3 Å². The van der Waals surface area contributed by atoms with Gasteiger partial charge in [0.05, 0.1) is 23.1 Å². The highest BCUT2D eigenvalue weighted by Crippen LogP contribution is 2.38. The van der Waals surface area contributed by atoms with Crippen LogP contribution in [0.5, 0.6) is 0 Å². The quantitative estimate of drug-likeness (QED) is 0.568. The van der Waals surface area contributed by atoms with Crippen LogP contribution in [0.2, 0.25) is 0 Å². The molecule has 6 nitrogen and oxygen atoms in total. The number of hydrogen-bond acceptors (Lipinski definition) is 5. The molecule has 0 amide bonds. The Labute approximate surface area is 86.1 Å². The van der Waals surface area contributed by atoms with Crippen molar-refractivity contribution < 1.29 is 10.0 Å². The summed E-state index contributed by atoms with van der Waals surface area (Å²) < 4.78 is 0. The molecule has 0 aliphatic heterocycles. The van der Waals surface area contributed by atoms with Crippen molar-refractivity contribution in [3.05, 3.63) is 28.4 Å². The first-order chi connectivity index (χ1) is 7.15. The standard InChI is InChI=1S/C9H11N3O3/c13-6-9(2-3-9)11-8-5-7(12(14)15)1-4-10-8/h1,4-5,13H,2-3,6H2,(H,10,11). The van der Waals surface area contributed by atoms with Crippen LogP contribution >= 0.6 is 0 Å². The molecule has 2 N–H and O–H groups in total. The Balaban J connectivity index is 2.15. The van der Waals surface area contributed by atoms with E-state index in [2.05, 4.69) is 10.3 Å². The molecule has 15 heavy (non-hydrogen) atoms. The van der Waals surface area contributed by atoms with Crippen LogP contribution in [0, 0.1) is 10.1 Å². The van der Waals surface area contributed by atoms with E-state index in [9.17, 15) is 10.1 Å². The number of pyridine rings is 1. The van der Waals surface area contributed by atoms with Crippen molar-refractivity contribution in [1.82, 2.24) is 4.98 Å². The zero-order valence-electron chi connectivity index (χ0n) is 8.01. The molecular weight excluding hydrogens is 198 g/mol. The van der Waals surface area contributed by atoms with Gasteiger partial charge in [-0.2, -0.15) is 0 Å². The second-order valence-corrected chi connectivity index (χ2v) is 3.72. The summed E-state index contributed by atoms with van der Waals surface area (Å²) in [5, 5.41) is 22.6. The van der Waals surface area contributed by atoms with Crippen molar-refractivity contribution in [1.29, 1.82) is 0 Å². The van der Waals surface area contributed by atoms with Gasteiger partial charge in [-0.3, -0.25) is 10.1 Å². The van der Waals surface area contributed by atoms with Crippen LogP contribution in [0.1, 0.15) is 12.8 Å². The fraction of sp³-hybridized carbons (Fsp3) is 0.444. The summed E-state index contributed by atoms with van der Waals surface area (Å²) in [4.78, 5) is 14.0. The van der Waals surface area contributed by atoms with Crippen LogP contribution < -0.4 is 5.32 Å². The molecule has 0 unspecified atom stereocenters. The summed E-state index contributed by atoms with van der Waals surface area (Å²) >= 11 is 0. The van der Waals surface area contributed by atoms with Crippen molar-refractivity contribution in [2.24, 2.45) is 0 Å². The highest BCUT2D eigenvalue weighted by molar-refractivity contribution is 5.47. The van der Waals surface area contributed by atoms with Crippen LogP contribution in [-0.2, 0) is 0 Å². The van der Waals surface area contributed by atoms with Crippen molar-refractivity contribution in [3.63, 3.8) is 0 Å².